The van der Waals surface area contributed by atoms with Crippen molar-refractivity contribution in [3.05, 3.63) is 71.0 Å². The van der Waals surface area contributed by atoms with E-state index in [-0.39, 0.29) is 29.4 Å². The largest absolute Gasteiger partial charge is 0.511 e. The van der Waals surface area contributed by atoms with Crippen LogP contribution in [0.15, 0.2) is 64.9 Å². The van der Waals surface area contributed by atoms with Gasteiger partial charge in [0, 0.05) is 12.1 Å². The average molecular weight is 419 g/mol. The standard InChI is InChI=1S/C26H30N2O3/c1-6-18(27-19-13-9-7-11-16(19)2)22-21(29)15-26(4,5)23(24(22)30)25(31)28-20-14-10-8-12-17(20)3/h7-14,23,30H,6,15H2,1-5H3,(H,28,31)/t23-/m1/s1. The van der Waals surface area contributed by atoms with Crippen molar-refractivity contribution in [1.29, 1.82) is 0 Å². The topological polar surface area (TPSA) is 78.8 Å². The number of aliphatic imine (C=N–C) groups is 1. The summed E-state index contributed by atoms with van der Waals surface area (Å²) in [6.07, 6.45) is 0.622. The second kappa shape index (κ2) is 8.88. The molecule has 2 aromatic rings. The minimum Gasteiger partial charge on any atom is -0.511 e. The summed E-state index contributed by atoms with van der Waals surface area (Å²) in [6, 6.07) is 15.1. The van der Waals surface area contributed by atoms with E-state index in [9.17, 15) is 14.7 Å². The van der Waals surface area contributed by atoms with E-state index in [1.807, 2.05) is 83.1 Å². The quantitative estimate of drug-likeness (QED) is 0.598. The summed E-state index contributed by atoms with van der Waals surface area (Å²) in [7, 11) is 0. The molecule has 1 amide bonds. The minimum atomic E-state index is -0.853. The smallest absolute Gasteiger partial charge is 0.235 e. The maximum Gasteiger partial charge on any atom is 0.235 e. The maximum absolute atomic E-state index is 13.3. The number of nitrogens with one attached hydrogen (secondary N) is 1. The molecule has 162 valence electrons. The van der Waals surface area contributed by atoms with E-state index in [1.54, 1.807) is 0 Å². The highest BCUT2D eigenvalue weighted by Gasteiger charge is 2.47. The van der Waals surface area contributed by atoms with Gasteiger partial charge in [-0.05, 0) is 48.9 Å². The Bertz CT molecular complexity index is 1080. The fraction of sp³-hybridized carbons (Fsp3) is 0.346. The van der Waals surface area contributed by atoms with Crippen molar-refractivity contribution in [1.82, 2.24) is 0 Å². The number of aryl methyl sites for hydroxylation is 2. The number of hydrogen-bond acceptors (Lipinski definition) is 4. The molecule has 0 fully saturated rings. The van der Waals surface area contributed by atoms with Crippen molar-refractivity contribution in [2.24, 2.45) is 16.3 Å². The molecule has 2 aromatic carbocycles. The number of rotatable bonds is 5. The molecule has 0 spiro atoms. The Morgan fingerprint density at radius 2 is 1.71 bits per heavy atom. The fourth-order valence-electron chi connectivity index (χ4n) is 4.11. The van der Waals surface area contributed by atoms with Crippen LogP contribution in [-0.4, -0.2) is 22.5 Å². The third-order valence-electron chi connectivity index (χ3n) is 5.87. The number of allylic oxidation sites excluding steroid dienone is 1. The number of carbonyl (C=O) groups excluding carboxylic acids is 2. The van der Waals surface area contributed by atoms with Gasteiger partial charge in [-0.1, -0.05) is 57.2 Å². The normalized spacial score (nSPS) is 18.8. The molecule has 0 bridgehead atoms. The lowest BCUT2D eigenvalue weighted by Gasteiger charge is -2.37. The number of Topliss-reactive ketones (excluding diaryl/α,β-unsaturated/α-hetero) is 1. The molecule has 5 heteroatoms. The molecule has 0 saturated carbocycles. The van der Waals surface area contributed by atoms with Crippen LogP contribution >= 0.6 is 0 Å². The van der Waals surface area contributed by atoms with E-state index in [0.29, 0.717) is 17.8 Å². The van der Waals surface area contributed by atoms with E-state index < -0.39 is 11.3 Å². The summed E-state index contributed by atoms with van der Waals surface area (Å²) in [5, 5.41) is 14.2. The van der Waals surface area contributed by atoms with Gasteiger partial charge in [0.05, 0.1) is 17.0 Å². The van der Waals surface area contributed by atoms with Crippen molar-refractivity contribution in [2.45, 2.75) is 47.5 Å². The van der Waals surface area contributed by atoms with Crippen molar-refractivity contribution < 1.29 is 14.7 Å². The van der Waals surface area contributed by atoms with Gasteiger partial charge < -0.3 is 10.4 Å². The number of carbonyl (C=O) groups is 2. The molecular formula is C26H30N2O3. The van der Waals surface area contributed by atoms with Crippen LogP contribution in [0.25, 0.3) is 0 Å². The molecule has 1 atom stereocenters. The first-order chi connectivity index (χ1) is 14.7. The van der Waals surface area contributed by atoms with E-state index in [0.717, 1.165) is 16.8 Å². The van der Waals surface area contributed by atoms with E-state index in [1.165, 1.54) is 0 Å². The Hall–Kier alpha value is -3.21. The molecule has 0 heterocycles. The summed E-state index contributed by atoms with van der Waals surface area (Å²) >= 11 is 0. The van der Waals surface area contributed by atoms with Crippen LogP contribution in [-0.2, 0) is 9.59 Å². The lowest BCUT2D eigenvalue weighted by Crippen LogP contribution is -2.43. The van der Waals surface area contributed by atoms with Crippen LogP contribution in [0.2, 0.25) is 0 Å². The Labute approximate surface area is 183 Å². The summed E-state index contributed by atoms with van der Waals surface area (Å²) in [6.45, 7) is 9.43. The van der Waals surface area contributed by atoms with E-state index in [2.05, 4.69) is 10.3 Å². The van der Waals surface area contributed by atoms with Crippen molar-refractivity contribution >= 4 is 28.8 Å². The number of hydrogen-bond donors (Lipinski definition) is 2. The first-order valence-corrected chi connectivity index (χ1v) is 10.6. The Balaban J connectivity index is 2.06. The lowest BCUT2D eigenvalue weighted by atomic mass is 9.67. The minimum absolute atomic E-state index is 0.158. The van der Waals surface area contributed by atoms with Crippen LogP contribution in [0.3, 0.4) is 0 Å². The molecular weight excluding hydrogens is 388 g/mol. The Kier molecular flexibility index (Phi) is 6.44. The number of aliphatic hydroxyl groups excluding tert-OH is 1. The molecule has 1 aliphatic rings. The predicted molar refractivity (Wildman–Crippen MR) is 125 cm³/mol. The van der Waals surface area contributed by atoms with Gasteiger partial charge in [-0.25, -0.2) is 0 Å². The maximum atomic E-state index is 13.3. The zero-order valence-electron chi connectivity index (χ0n) is 18.8. The molecule has 2 N–H and O–H groups in total. The lowest BCUT2D eigenvalue weighted by molar-refractivity contribution is -0.126. The molecule has 0 unspecified atom stereocenters. The second-order valence-electron chi connectivity index (χ2n) is 8.78. The molecule has 31 heavy (non-hydrogen) atoms. The highest BCUT2D eigenvalue weighted by atomic mass is 16.3. The number of amides is 1. The number of benzene rings is 2. The van der Waals surface area contributed by atoms with E-state index in [4.69, 9.17) is 0 Å². The zero-order valence-corrected chi connectivity index (χ0v) is 18.8. The van der Waals surface area contributed by atoms with Gasteiger partial charge in [0.15, 0.2) is 5.78 Å². The molecule has 0 aromatic heterocycles. The molecule has 0 aliphatic heterocycles. The third-order valence-corrected chi connectivity index (χ3v) is 5.87. The van der Waals surface area contributed by atoms with Gasteiger partial charge in [-0.15, -0.1) is 0 Å². The Morgan fingerprint density at radius 3 is 2.32 bits per heavy atom. The summed E-state index contributed by atoms with van der Waals surface area (Å²) in [5.74, 6) is -1.56. The van der Waals surface area contributed by atoms with Crippen LogP contribution < -0.4 is 5.32 Å². The zero-order chi connectivity index (χ0) is 22.8. The van der Waals surface area contributed by atoms with E-state index >= 15 is 0 Å². The molecule has 0 radical (unpaired) electrons. The highest BCUT2D eigenvalue weighted by Crippen LogP contribution is 2.43. The number of nitrogens with zero attached hydrogens (tertiary/aromatic N) is 1. The molecule has 3 rings (SSSR count). The Morgan fingerprint density at radius 1 is 1.10 bits per heavy atom. The van der Waals surface area contributed by atoms with Gasteiger partial charge in [0.1, 0.15) is 11.7 Å². The second-order valence-corrected chi connectivity index (χ2v) is 8.78. The fourth-order valence-corrected chi connectivity index (χ4v) is 4.11. The summed E-state index contributed by atoms with van der Waals surface area (Å²) in [5.41, 5.74) is 3.30. The van der Waals surface area contributed by atoms with Gasteiger partial charge >= 0.3 is 0 Å². The van der Waals surface area contributed by atoms with Crippen LogP contribution in [0.4, 0.5) is 11.4 Å². The summed E-state index contributed by atoms with van der Waals surface area (Å²) < 4.78 is 0. The number of aliphatic hydroxyl groups is 1. The van der Waals surface area contributed by atoms with Crippen molar-refractivity contribution in [2.75, 3.05) is 5.32 Å². The molecule has 5 nitrogen and oxygen atoms in total. The first kappa shape index (κ1) is 22.5. The van der Waals surface area contributed by atoms with Crippen molar-refractivity contribution in [3.8, 4) is 0 Å². The van der Waals surface area contributed by atoms with Crippen LogP contribution in [0.1, 0.15) is 44.7 Å². The average Bonchev–Trinajstić information content (AvgIpc) is 2.69. The predicted octanol–water partition coefficient (Wildman–Crippen LogP) is 5.85. The van der Waals surface area contributed by atoms with Gasteiger partial charge in [-0.3, -0.25) is 14.6 Å². The number of anilines is 1. The van der Waals surface area contributed by atoms with Gasteiger partial charge in [0.25, 0.3) is 0 Å². The highest BCUT2D eigenvalue weighted by molar-refractivity contribution is 6.24. The SMILES string of the molecule is CCC(=Nc1ccccc1C)C1=C(O)[C@H](C(=O)Nc2ccccc2C)C(C)(C)CC1=O. The first-order valence-electron chi connectivity index (χ1n) is 10.6. The molecule has 1 aliphatic carbocycles. The van der Waals surface area contributed by atoms with Crippen molar-refractivity contribution in [3.63, 3.8) is 0 Å². The number of para-hydroxylation sites is 2. The monoisotopic (exact) mass is 418 g/mol. The number of ketones is 1. The third kappa shape index (κ3) is 4.61. The van der Waals surface area contributed by atoms with Gasteiger partial charge in [-0.2, -0.15) is 0 Å². The summed E-state index contributed by atoms with van der Waals surface area (Å²) in [4.78, 5) is 31.0. The van der Waals surface area contributed by atoms with Crippen LogP contribution in [0, 0.1) is 25.2 Å². The van der Waals surface area contributed by atoms with Crippen LogP contribution in [0.5, 0.6) is 0 Å². The van der Waals surface area contributed by atoms with Gasteiger partial charge in [0.2, 0.25) is 5.91 Å². The molecule has 0 saturated heterocycles.